The normalized spacial score (nSPS) is 28.5. The molecule has 40 heavy (non-hydrogen) atoms. The largest absolute Gasteiger partial charge is 0.282 e. The standard InChI is InChI=1S/C30H48O2S8/c1-3-27(31)35-19-25-21-37-29(39-25)9-5-7-15-33-17-23-11-13-24(14-12-23)18-34-16-8-6-10-30-38-22-26(40-30)20-36-28(32)4-2/h3-4,23-26,29-30H,1-2,5-22H2. The van der Waals surface area contributed by atoms with E-state index in [0.717, 1.165) is 32.5 Å². The summed E-state index contributed by atoms with van der Waals surface area (Å²) in [6.07, 6.45) is 16.8. The van der Waals surface area contributed by atoms with Crippen molar-refractivity contribution in [2.24, 2.45) is 11.8 Å². The summed E-state index contributed by atoms with van der Waals surface area (Å²) in [5.74, 6) is 11.6. The molecule has 4 atom stereocenters. The predicted molar refractivity (Wildman–Crippen MR) is 198 cm³/mol. The van der Waals surface area contributed by atoms with Crippen LogP contribution < -0.4 is 0 Å². The zero-order valence-electron chi connectivity index (χ0n) is 23.8. The van der Waals surface area contributed by atoms with Crippen LogP contribution in [0.1, 0.15) is 64.2 Å². The molecule has 228 valence electrons. The van der Waals surface area contributed by atoms with Crippen LogP contribution in [-0.2, 0) is 9.59 Å². The summed E-state index contributed by atoms with van der Waals surface area (Å²) in [6.45, 7) is 7.13. The molecule has 1 saturated carbocycles. The molecule has 0 aromatic heterocycles. The minimum Gasteiger partial charge on any atom is -0.282 e. The average Bonchev–Trinajstić information content (AvgIpc) is 3.64. The van der Waals surface area contributed by atoms with Crippen molar-refractivity contribution >= 4 is 104 Å². The van der Waals surface area contributed by atoms with Crippen LogP contribution in [0.3, 0.4) is 0 Å². The second-order valence-electron chi connectivity index (χ2n) is 10.7. The maximum Gasteiger partial charge on any atom is 0.211 e. The van der Waals surface area contributed by atoms with E-state index in [9.17, 15) is 9.59 Å². The van der Waals surface area contributed by atoms with Gasteiger partial charge in [-0.15, -0.1) is 47.0 Å². The van der Waals surface area contributed by atoms with Crippen LogP contribution in [0.5, 0.6) is 0 Å². The topological polar surface area (TPSA) is 34.1 Å². The van der Waals surface area contributed by atoms with Gasteiger partial charge in [-0.3, -0.25) is 9.59 Å². The monoisotopic (exact) mass is 696 g/mol. The Labute approximate surface area is 278 Å². The summed E-state index contributed by atoms with van der Waals surface area (Å²) in [6, 6.07) is 0. The summed E-state index contributed by atoms with van der Waals surface area (Å²) in [4.78, 5) is 22.8. The van der Waals surface area contributed by atoms with Gasteiger partial charge in [0.2, 0.25) is 10.2 Å². The van der Waals surface area contributed by atoms with Gasteiger partial charge in [-0.25, -0.2) is 0 Å². The third-order valence-corrected chi connectivity index (χ3v) is 19.3. The Morgan fingerprint density at radius 2 is 1.07 bits per heavy atom. The number of thioether (sulfide) groups is 8. The van der Waals surface area contributed by atoms with E-state index in [4.69, 9.17) is 0 Å². The van der Waals surface area contributed by atoms with Crippen molar-refractivity contribution in [3.05, 3.63) is 25.3 Å². The zero-order valence-corrected chi connectivity index (χ0v) is 30.4. The smallest absolute Gasteiger partial charge is 0.211 e. The number of hydrogen-bond acceptors (Lipinski definition) is 10. The molecule has 10 heteroatoms. The highest BCUT2D eigenvalue weighted by atomic mass is 32.2. The highest BCUT2D eigenvalue weighted by Gasteiger charge is 2.27. The first-order valence-corrected chi connectivity index (χ1v) is 23.1. The van der Waals surface area contributed by atoms with Gasteiger partial charge in [0.25, 0.3) is 0 Å². The number of carbonyl (C=O) groups excluding carboxylic acids is 2. The zero-order chi connectivity index (χ0) is 28.4. The van der Waals surface area contributed by atoms with Gasteiger partial charge in [-0.1, -0.05) is 49.5 Å². The van der Waals surface area contributed by atoms with Gasteiger partial charge in [0.15, 0.2) is 0 Å². The van der Waals surface area contributed by atoms with Crippen molar-refractivity contribution in [3.63, 3.8) is 0 Å². The van der Waals surface area contributed by atoms with Crippen LogP contribution in [0, 0.1) is 11.8 Å². The van der Waals surface area contributed by atoms with Crippen molar-refractivity contribution < 1.29 is 9.59 Å². The number of rotatable bonds is 20. The molecule has 0 radical (unpaired) electrons. The molecule has 2 aliphatic heterocycles. The molecular weight excluding hydrogens is 649 g/mol. The Bertz CT molecular complexity index is 696. The molecule has 3 rings (SSSR count). The Balaban J connectivity index is 1.07. The number of unbranched alkanes of at least 4 members (excludes halogenated alkanes) is 2. The molecule has 4 unspecified atom stereocenters. The minimum atomic E-state index is 0.114. The summed E-state index contributed by atoms with van der Waals surface area (Å²) in [7, 11) is 0. The molecule has 0 N–H and O–H groups in total. The lowest BCUT2D eigenvalue weighted by molar-refractivity contribution is -0.107. The third-order valence-electron chi connectivity index (χ3n) is 7.41. The van der Waals surface area contributed by atoms with Gasteiger partial charge < -0.3 is 0 Å². The quantitative estimate of drug-likeness (QED) is 0.0907. The molecule has 0 aromatic rings. The molecule has 2 saturated heterocycles. The molecule has 0 spiro atoms. The van der Waals surface area contributed by atoms with E-state index >= 15 is 0 Å². The lowest BCUT2D eigenvalue weighted by atomic mass is 9.84. The highest BCUT2D eigenvalue weighted by molar-refractivity contribution is 8.22. The fourth-order valence-electron chi connectivity index (χ4n) is 5.06. The Hall–Kier alpha value is 1.62. The maximum absolute atomic E-state index is 11.4. The second kappa shape index (κ2) is 22.2. The summed E-state index contributed by atoms with van der Waals surface area (Å²) < 4.78 is 1.48. The second-order valence-corrected chi connectivity index (χ2v) is 21.2. The van der Waals surface area contributed by atoms with Gasteiger partial charge in [-0.2, -0.15) is 23.5 Å². The van der Waals surface area contributed by atoms with Gasteiger partial charge in [0.05, 0.1) is 9.16 Å². The molecule has 2 heterocycles. The van der Waals surface area contributed by atoms with Gasteiger partial charge >= 0.3 is 0 Å². The first-order valence-electron chi connectivity index (χ1n) is 14.8. The third kappa shape index (κ3) is 15.6. The SMILES string of the molecule is C=CC(=O)SCC1CSC(CCCCSCC2CCC(CSCCCCC3SCC(CSC(=O)C=C)S3)CC2)S1. The van der Waals surface area contributed by atoms with Gasteiger partial charge in [-0.05, 0) is 98.4 Å². The molecule has 1 aliphatic carbocycles. The Morgan fingerprint density at radius 1 is 0.650 bits per heavy atom. The molecule has 0 bridgehead atoms. The van der Waals surface area contributed by atoms with Crippen LogP contribution in [0.2, 0.25) is 0 Å². The first kappa shape index (κ1) is 36.1. The molecule has 0 aromatic carbocycles. The van der Waals surface area contributed by atoms with Crippen LogP contribution >= 0.6 is 94.1 Å². The lowest BCUT2D eigenvalue weighted by Gasteiger charge is -2.28. The average molecular weight is 697 g/mol. The fraction of sp³-hybridized carbons (Fsp3) is 0.800. The summed E-state index contributed by atoms with van der Waals surface area (Å²) in [5.41, 5.74) is 0. The molecular formula is C30H48O2S8. The minimum absolute atomic E-state index is 0.114. The number of hydrogen-bond donors (Lipinski definition) is 0. The van der Waals surface area contributed by atoms with E-state index < -0.39 is 0 Å². The first-order chi connectivity index (χ1) is 19.6. The van der Waals surface area contributed by atoms with E-state index in [2.05, 4.69) is 83.7 Å². The van der Waals surface area contributed by atoms with Crippen molar-refractivity contribution in [2.75, 3.05) is 46.0 Å². The predicted octanol–water partition coefficient (Wildman–Crippen LogP) is 9.84. The Morgan fingerprint density at radius 3 is 1.48 bits per heavy atom. The van der Waals surface area contributed by atoms with E-state index in [1.807, 2.05) is 0 Å². The molecule has 3 fully saturated rings. The lowest BCUT2D eigenvalue weighted by Crippen LogP contribution is -2.18. The Kier molecular flexibility index (Phi) is 20.0. The molecule has 2 nitrogen and oxygen atoms in total. The van der Waals surface area contributed by atoms with Crippen LogP contribution in [0.15, 0.2) is 25.3 Å². The maximum atomic E-state index is 11.4. The van der Waals surface area contributed by atoms with Crippen LogP contribution in [0.25, 0.3) is 0 Å². The summed E-state index contributed by atoms with van der Waals surface area (Å²) in [5, 5.41) is 1.49. The number of carbonyl (C=O) groups is 2. The van der Waals surface area contributed by atoms with Crippen molar-refractivity contribution in [1.82, 2.24) is 0 Å². The highest BCUT2D eigenvalue weighted by Crippen LogP contribution is 2.43. The van der Waals surface area contributed by atoms with Gasteiger partial charge in [0.1, 0.15) is 0 Å². The van der Waals surface area contributed by atoms with E-state index in [0.29, 0.717) is 10.5 Å². The molecule has 0 amide bonds. The molecule has 3 aliphatic rings. The van der Waals surface area contributed by atoms with Crippen molar-refractivity contribution in [1.29, 1.82) is 0 Å². The van der Waals surface area contributed by atoms with Gasteiger partial charge in [0, 0.05) is 33.5 Å². The van der Waals surface area contributed by atoms with Crippen LogP contribution in [0.4, 0.5) is 0 Å². The van der Waals surface area contributed by atoms with E-state index in [-0.39, 0.29) is 10.2 Å². The van der Waals surface area contributed by atoms with Crippen LogP contribution in [-0.4, -0.2) is 75.9 Å². The van der Waals surface area contributed by atoms with Crippen molar-refractivity contribution in [2.45, 2.75) is 83.9 Å². The van der Waals surface area contributed by atoms with E-state index in [1.54, 1.807) is 0 Å². The van der Waals surface area contributed by atoms with E-state index in [1.165, 1.54) is 134 Å². The van der Waals surface area contributed by atoms with Crippen molar-refractivity contribution in [3.8, 4) is 0 Å². The fourth-order valence-corrected chi connectivity index (χ4v) is 16.4. The summed E-state index contributed by atoms with van der Waals surface area (Å²) >= 11 is 15.7.